The van der Waals surface area contributed by atoms with Crippen molar-refractivity contribution in [2.45, 2.75) is 33.2 Å². The summed E-state index contributed by atoms with van der Waals surface area (Å²) in [6.07, 6.45) is 2.19. The van der Waals surface area contributed by atoms with Gasteiger partial charge in [-0.15, -0.1) is 11.3 Å². The van der Waals surface area contributed by atoms with Gasteiger partial charge >= 0.3 is 0 Å². The summed E-state index contributed by atoms with van der Waals surface area (Å²) in [5.74, 6) is 0.730. The van der Waals surface area contributed by atoms with Crippen molar-refractivity contribution in [3.8, 4) is 0 Å². The van der Waals surface area contributed by atoms with Crippen LogP contribution in [-0.2, 0) is 0 Å². The fraction of sp³-hybridized carbons (Fsp3) is 0.350. The van der Waals surface area contributed by atoms with E-state index < -0.39 is 0 Å². The van der Waals surface area contributed by atoms with Gasteiger partial charge in [0.2, 0.25) is 0 Å². The van der Waals surface area contributed by atoms with Gasteiger partial charge in [-0.3, -0.25) is 20.7 Å². The number of rotatable bonds is 6. The average molecular weight is 402 g/mol. The van der Waals surface area contributed by atoms with Gasteiger partial charge in [-0.25, -0.2) is 0 Å². The zero-order chi connectivity index (χ0) is 19.7. The Hall–Kier alpha value is -2.02. The first-order valence-corrected chi connectivity index (χ1v) is 10.1. The summed E-state index contributed by atoms with van der Waals surface area (Å²) >= 11 is 7.67. The number of aliphatic imine (C=N–C) groups is 1. The summed E-state index contributed by atoms with van der Waals surface area (Å²) in [4.78, 5) is 7.80. The summed E-state index contributed by atoms with van der Waals surface area (Å²) in [6.45, 7) is 6.46. The Morgan fingerprint density at radius 1 is 1.37 bits per heavy atom. The van der Waals surface area contributed by atoms with Crippen LogP contribution >= 0.6 is 22.9 Å². The lowest BCUT2D eigenvalue weighted by Gasteiger charge is -2.19. The molecule has 1 aliphatic carbocycles. The minimum Gasteiger partial charge on any atom is -0.330 e. The predicted molar refractivity (Wildman–Crippen MR) is 116 cm³/mol. The molecule has 4 N–H and O–H groups in total. The molecule has 1 fully saturated rings. The maximum Gasteiger partial charge on any atom is 0.112 e. The van der Waals surface area contributed by atoms with Crippen LogP contribution in [0.2, 0.25) is 5.02 Å². The van der Waals surface area contributed by atoms with Crippen LogP contribution < -0.4 is 10.6 Å². The quantitative estimate of drug-likeness (QED) is 0.487. The van der Waals surface area contributed by atoms with E-state index in [1.165, 1.54) is 6.34 Å². The minimum absolute atomic E-state index is 0.225. The van der Waals surface area contributed by atoms with Crippen molar-refractivity contribution < 1.29 is 0 Å². The second-order valence-electron chi connectivity index (χ2n) is 6.83. The number of amidine groups is 1. The lowest BCUT2D eigenvalue weighted by Crippen LogP contribution is -2.26. The molecule has 0 radical (unpaired) electrons. The molecule has 7 heteroatoms. The summed E-state index contributed by atoms with van der Waals surface area (Å²) in [7, 11) is 0. The van der Waals surface area contributed by atoms with Crippen LogP contribution in [0.1, 0.15) is 34.9 Å². The lowest BCUT2D eigenvalue weighted by molar-refractivity contribution is 0.801. The molecule has 1 saturated carbocycles. The highest BCUT2D eigenvalue weighted by molar-refractivity contribution is 7.17. The number of aryl methyl sites for hydroxylation is 1. The highest BCUT2D eigenvalue weighted by Gasteiger charge is 2.36. The third-order valence-electron chi connectivity index (χ3n) is 4.91. The molecule has 1 aromatic carbocycles. The van der Waals surface area contributed by atoms with Crippen LogP contribution in [0.15, 0.2) is 29.3 Å². The van der Waals surface area contributed by atoms with Crippen molar-refractivity contribution in [3.63, 3.8) is 0 Å². The SMILES string of the molecule is CC(=N)N(C=N)c1sc(C)c(C)c1C(=NC1CC1CN)c1ccc(Cl)cc1. The van der Waals surface area contributed by atoms with Crippen LogP contribution in [0, 0.1) is 30.6 Å². The Bertz CT molecular complexity index is 900. The van der Waals surface area contributed by atoms with Crippen molar-refractivity contribution in [2.75, 3.05) is 11.4 Å². The topological polar surface area (TPSA) is 89.3 Å². The van der Waals surface area contributed by atoms with E-state index in [9.17, 15) is 0 Å². The number of nitrogens with two attached hydrogens (primary N) is 1. The van der Waals surface area contributed by atoms with Crippen molar-refractivity contribution in [1.29, 1.82) is 10.8 Å². The van der Waals surface area contributed by atoms with E-state index in [-0.39, 0.29) is 6.04 Å². The first kappa shape index (κ1) is 19.7. The Balaban J connectivity index is 2.19. The standard InChI is InChI=1S/C20H24ClN5S/c1-11-12(2)27-20(26(10-23)13(3)24)18(11)19(25-17-8-15(17)9-22)14-4-6-16(21)7-5-14/h4-7,10,15,17,23-24H,8-9,22H2,1-3H3. The van der Waals surface area contributed by atoms with Gasteiger partial charge in [0.1, 0.15) is 10.8 Å². The molecule has 0 saturated heterocycles. The van der Waals surface area contributed by atoms with Crippen molar-refractivity contribution in [2.24, 2.45) is 16.6 Å². The van der Waals surface area contributed by atoms with Crippen molar-refractivity contribution >= 4 is 45.8 Å². The molecule has 2 aromatic rings. The lowest BCUT2D eigenvalue weighted by atomic mass is 9.99. The monoisotopic (exact) mass is 401 g/mol. The second kappa shape index (κ2) is 7.92. The fourth-order valence-electron chi connectivity index (χ4n) is 3.07. The molecular formula is C20H24ClN5S. The first-order valence-electron chi connectivity index (χ1n) is 8.86. The number of anilines is 1. The molecule has 3 rings (SSSR count). The molecule has 1 heterocycles. The second-order valence-corrected chi connectivity index (χ2v) is 8.47. The molecule has 0 bridgehead atoms. The Morgan fingerprint density at radius 3 is 2.56 bits per heavy atom. The van der Waals surface area contributed by atoms with Crippen LogP contribution in [0.5, 0.6) is 0 Å². The van der Waals surface area contributed by atoms with Crippen LogP contribution in [0.25, 0.3) is 0 Å². The summed E-state index contributed by atoms with van der Waals surface area (Å²) in [6, 6.07) is 7.91. The molecule has 2 atom stereocenters. The molecule has 1 aromatic heterocycles. The third kappa shape index (κ3) is 3.98. The molecule has 142 valence electrons. The maximum atomic E-state index is 8.06. The van der Waals surface area contributed by atoms with Gasteiger partial charge < -0.3 is 5.73 Å². The molecular weight excluding hydrogens is 378 g/mol. The summed E-state index contributed by atoms with van der Waals surface area (Å²) < 4.78 is 0. The van der Waals surface area contributed by atoms with E-state index in [0.29, 0.717) is 23.3 Å². The Labute approximate surface area is 168 Å². The number of hydrogen-bond donors (Lipinski definition) is 3. The summed E-state index contributed by atoms with van der Waals surface area (Å²) in [5, 5.41) is 17.4. The number of halogens is 1. The molecule has 0 aliphatic heterocycles. The Morgan fingerprint density at radius 2 is 2.04 bits per heavy atom. The van der Waals surface area contributed by atoms with Crippen LogP contribution in [-0.4, -0.2) is 30.5 Å². The molecule has 1 aliphatic rings. The van der Waals surface area contributed by atoms with Gasteiger partial charge in [-0.2, -0.15) is 0 Å². The largest absolute Gasteiger partial charge is 0.330 e. The van der Waals surface area contributed by atoms with Crippen molar-refractivity contribution in [3.05, 3.63) is 50.9 Å². The highest BCUT2D eigenvalue weighted by atomic mass is 35.5. The van der Waals surface area contributed by atoms with Crippen LogP contribution in [0.4, 0.5) is 5.00 Å². The highest BCUT2D eigenvalue weighted by Crippen LogP contribution is 2.39. The molecule has 2 unspecified atom stereocenters. The minimum atomic E-state index is 0.225. The predicted octanol–water partition coefficient (Wildman–Crippen LogP) is 4.61. The summed E-state index contributed by atoms with van der Waals surface area (Å²) in [5.41, 5.74) is 9.80. The zero-order valence-electron chi connectivity index (χ0n) is 15.7. The fourth-order valence-corrected chi connectivity index (χ4v) is 4.38. The third-order valence-corrected chi connectivity index (χ3v) is 6.37. The van der Waals surface area contributed by atoms with Crippen molar-refractivity contribution in [1.82, 2.24) is 0 Å². The van der Waals surface area contributed by atoms with E-state index in [0.717, 1.165) is 38.7 Å². The number of benzene rings is 1. The van der Waals surface area contributed by atoms with Gasteiger partial charge in [0.25, 0.3) is 0 Å². The Kier molecular flexibility index (Phi) is 5.79. The smallest absolute Gasteiger partial charge is 0.112 e. The van der Waals surface area contributed by atoms with E-state index in [4.69, 9.17) is 33.1 Å². The molecule has 5 nitrogen and oxygen atoms in total. The van der Waals surface area contributed by atoms with Gasteiger partial charge in [-0.1, -0.05) is 23.7 Å². The zero-order valence-corrected chi connectivity index (χ0v) is 17.3. The van der Waals surface area contributed by atoms with E-state index in [2.05, 4.69) is 13.8 Å². The van der Waals surface area contributed by atoms with Gasteiger partial charge in [0.15, 0.2) is 0 Å². The molecule has 0 amide bonds. The van der Waals surface area contributed by atoms with E-state index >= 15 is 0 Å². The van der Waals surface area contributed by atoms with Gasteiger partial charge in [-0.05, 0) is 57.4 Å². The maximum absolute atomic E-state index is 8.06. The molecule has 0 spiro atoms. The number of nitrogens with zero attached hydrogens (tertiary/aromatic N) is 2. The van der Waals surface area contributed by atoms with Gasteiger partial charge in [0.05, 0.1) is 18.1 Å². The normalized spacial score (nSPS) is 19.1. The number of hydrogen-bond acceptors (Lipinski definition) is 5. The van der Waals surface area contributed by atoms with E-state index in [1.807, 2.05) is 24.3 Å². The van der Waals surface area contributed by atoms with Crippen LogP contribution in [0.3, 0.4) is 0 Å². The number of nitrogens with one attached hydrogen (secondary N) is 2. The number of thiophene rings is 1. The molecule has 27 heavy (non-hydrogen) atoms. The van der Waals surface area contributed by atoms with E-state index in [1.54, 1.807) is 23.2 Å². The average Bonchev–Trinajstić information content (AvgIpc) is 3.33. The van der Waals surface area contributed by atoms with Gasteiger partial charge in [0, 0.05) is 21.0 Å². The first-order chi connectivity index (χ1) is 12.9.